The predicted molar refractivity (Wildman–Crippen MR) is 106 cm³/mol. The lowest BCUT2D eigenvalue weighted by Gasteiger charge is -2.17. The molecule has 1 saturated heterocycles. The fraction of sp³-hybridized carbons (Fsp3) is 0.227. The van der Waals surface area contributed by atoms with Crippen LogP contribution in [0.5, 0.6) is 0 Å². The summed E-state index contributed by atoms with van der Waals surface area (Å²) in [6.07, 6.45) is 3.20. The van der Waals surface area contributed by atoms with Crippen LogP contribution in [0, 0.1) is 5.92 Å². The van der Waals surface area contributed by atoms with Gasteiger partial charge in [0.2, 0.25) is 0 Å². The van der Waals surface area contributed by atoms with Gasteiger partial charge in [0.15, 0.2) is 0 Å². The van der Waals surface area contributed by atoms with Crippen molar-refractivity contribution >= 4 is 22.6 Å². The van der Waals surface area contributed by atoms with E-state index in [0.717, 1.165) is 18.4 Å². The summed E-state index contributed by atoms with van der Waals surface area (Å²) in [7, 11) is 0. The largest absolute Gasteiger partial charge is 0.478 e. The van der Waals surface area contributed by atoms with E-state index in [0.29, 0.717) is 35.3 Å². The molecule has 0 aliphatic carbocycles. The molecule has 3 aromatic rings. The maximum absolute atomic E-state index is 13.0. The van der Waals surface area contributed by atoms with Crippen molar-refractivity contribution in [3.8, 4) is 0 Å². The molecule has 1 aliphatic heterocycles. The third-order valence-corrected chi connectivity index (χ3v) is 5.34. The molecule has 0 saturated carbocycles. The smallest absolute Gasteiger partial charge is 0.335 e. The Morgan fingerprint density at radius 3 is 2.50 bits per heavy atom. The highest BCUT2D eigenvalue weighted by atomic mass is 16.4. The number of nitrogens with zero attached hydrogens (tertiary/aromatic N) is 1. The molecule has 1 atom stereocenters. The Morgan fingerprint density at radius 1 is 1.07 bits per heavy atom. The van der Waals surface area contributed by atoms with E-state index < -0.39 is 5.97 Å². The van der Waals surface area contributed by atoms with Crippen LogP contribution >= 0.6 is 0 Å². The number of carboxylic acids is 1. The molecule has 1 fully saturated rings. The molecule has 6 nitrogen and oxygen atoms in total. The van der Waals surface area contributed by atoms with Gasteiger partial charge < -0.3 is 15.0 Å². The number of aromatic nitrogens is 1. The molecule has 2 heterocycles. The second-order valence-corrected chi connectivity index (χ2v) is 7.19. The molecular weight excluding hydrogens is 356 g/mol. The van der Waals surface area contributed by atoms with Crippen LogP contribution in [-0.4, -0.2) is 40.0 Å². The number of carbonyl (C=O) groups excluding carboxylic acids is 1. The first-order chi connectivity index (χ1) is 13.5. The Hall–Kier alpha value is -3.41. The standard InChI is InChI=1S/C22H20N2O4/c25-20-18-4-2-1-3-17(18)19(12-23-20)21(26)24-10-9-15(13-24)11-14-5-7-16(8-6-14)22(27)28/h1-8,12,15H,9-11,13H2,(H,23,25)(H,27,28). The van der Waals surface area contributed by atoms with Gasteiger partial charge in [-0.25, -0.2) is 4.79 Å². The topological polar surface area (TPSA) is 90.5 Å². The van der Waals surface area contributed by atoms with Gasteiger partial charge in [-0.15, -0.1) is 0 Å². The quantitative estimate of drug-likeness (QED) is 0.732. The van der Waals surface area contributed by atoms with Crippen molar-refractivity contribution in [2.75, 3.05) is 13.1 Å². The first kappa shape index (κ1) is 18.0. The van der Waals surface area contributed by atoms with Crippen LogP contribution < -0.4 is 5.56 Å². The number of nitrogens with one attached hydrogen (secondary N) is 1. The normalized spacial score (nSPS) is 16.4. The van der Waals surface area contributed by atoms with Crippen molar-refractivity contribution in [2.45, 2.75) is 12.8 Å². The van der Waals surface area contributed by atoms with E-state index in [1.54, 1.807) is 30.3 Å². The first-order valence-electron chi connectivity index (χ1n) is 9.25. The number of amides is 1. The van der Waals surface area contributed by atoms with E-state index in [9.17, 15) is 14.4 Å². The third-order valence-electron chi connectivity index (χ3n) is 5.34. The van der Waals surface area contributed by atoms with Gasteiger partial charge in [-0.1, -0.05) is 30.3 Å². The number of carbonyl (C=O) groups is 2. The van der Waals surface area contributed by atoms with E-state index in [1.165, 1.54) is 6.20 Å². The maximum atomic E-state index is 13.0. The van der Waals surface area contributed by atoms with Crippen molar-refractivity contribution in [2.24, 2.45) is 5.92 Å². The Kier molecular flexibility index (Phi) is 4.69. The van der Waals surface area contributed by atoms with E-state index in [4.69, 9.17) is 5.11 Å². The second-order valence-electron chi connectivity index (χ2n) is 7.19. The number of likely N-dealkylation sites (tertiary alicyclic amines) is 1. The number of carboxylic acid groups (broad SMARTS) is 1. The maximum Gasteiger partial charge on any atom is 0.335 e. The van der Waals surface area contributed by atoms with Crippen LogP contribution in [0.1, 0.15) is 32.7 Å². The minimum Gasteiger partial charge on any atom is -0.478 e. The number of aromatic amines is 1. The van der Waals surface area contributed by atoms with Crippen LogP contribution in [0.25, 0.3) is 10.8 Å². The van der Waals surface area contributed by atoms with Crippen molar-refractivity contribution in [1.29, 1.82) is 0 Å². The number of fused-ring (bicyclic) bond motifs is 1. The summed E-state index contributed by atoms with van der Waals surface area (Å²) in [5.74, 6) is -0.679. The average molecular weight is 376 g/mol. The van der Waals surface area contributed by atoms with Gasteiger partial charge in [0.05, 0.1) is 11.1 Å². The van der Waals surface area contributed by atoms with Crippen molar-refractivity contribution in [3.05, 3.63) is 81.8 Å². The van der Waals surface area contributed by atoms with Crippen LogP contribution in [0.4, 0.5) is 0 Å². The van der Waals surface area contributed by atoms with Crippen LogP contribution in [0.2, 0.25) is 0 Å². The molecule has 1 aliphatic rings. The molecule has 1 amide bonds. The Morgan fingerprint density at radius 2 is 1.79 bits per heavy atom. The van der Waals surface area contributed by atoms with E-state index in [1.807, 2.05) is 23.1 Å². The molecule has 0 bridgehead atoms. The molecule has 142 valence electrons. The molecule has 1 aromatic heterocycles. The van der Waals surface area contributed by atoms with Crippen molar-refractivity contribution < 1.29 is 14.7 Å². The summed E-state index contributed by atoms with van der Waals surface area (Å²) < 4.78 is 0. The van der Waals surface area contributed by atoms with Crippen molar-refractivity contribution in [1.82, 2.24) is 9.88 Å². The minimum atomic E-state index is -0.933. The highest BCUT2D eigenvalue weighted by Gasteiger charge is 2.28. The zero-order valence-corrected chi connectivity index (χ0v) is 15.2. The highest BCUT2D eigenvalue weighted by Crippen LogP contribution is 2.24. The second kappa shape index (κ2) is 7.31. The molecule has 1 unspecified atom stereocenters. The van der Waals surface area contributed by atoms with Gasteiger partial charge in [0, 0.05) is 30.1 Å². The van der Waals surface area contributed by atoms with Gasteiger partial charge in [-0.05, 0) is 42.5 Å². The highest BCUT2D eigenvalue weighted by molar-refractivity contribution is 6.06. The number of benzene rings is 2. The summed E-state index contributed by atoms with van der Waals surface area (Å²) >= 11 is 0. The molecule has 0 spiro atoms. The molecule has 0 radical (unpaired) electrons. The Bertz CT molecular complexity index is 1100. The number of aromatic carboxylic acids is 1. The Labute approximate surface area is 161 Å². The summed E-state index contributed by atoms with van der Waals surface area (Å²) in [6.45, 7) is 1.32. The van der Waals surface area contributed by atoms with Crippen molar-refractivity contribution in [3.63, 3.8) is 0 Å². The third kappa shape index (κ3) is 3.41. The fourth-order valence-electron chi connectivity index (χ4n) is 3.86. The number of rotatable bonds is 4. The van der Waals surface area contributed by atoms with Crippen LogP contribution in [-0.2, 0) is 6.42 Å². The lowest BCUT2D eigenvalue weighted by atomic mass is 9.98. The summed E-state index contributed by atoms with van der Waals surface area (Å²) in [6, 6.07) is 14.0. The van der Waals surface area contributed by atoms with Crippen LogP contribution in [0.15, 0.2) is 59.5 Å². The lowest BCUT2D eigenvalue weighted by molar-refractivity contribution is 0.0696. The number of H-pyrrole nitrogens is 1. The average Bonchev–Trinajstić information content (AvgIpc) is 3.17. The predicted octanol–water partition coefficient (Wildman–Crippen LogP) is 2.93. The zero-order valence-electron chi connectivity index (χ0n) is 15.2. The van der Waals surface area contributed by atoms with Gasteiger partial charge in [0.25, 0.3) is 11.5 Å². The molecule has 2 aromatic carbocycles. The summed E-state index contributed by atoms with van der Waals surface area (Å²) in [5, 5.41) is 10.2. The van der Waals surface area contributed by atoms with E-state index in [2.05, 4.69) is 4.98 Å². The fourth-order valence-corrected chi connectivity index (χ4v) is 3.86. The molecule has 6 heteroatoms. The van der Waals surface area contributed by atoms with Gasteiger partial charge in [-0.3, -0.25) is 9.59 Å². The minimum absolute atomic E-state index is 0.0730. The van der Waals surface area contributed by atoms with Gasteiger partial charge in [0.1, 0.15) is 0 Å². The SMILES string of the molecule is O=C(O)c1ccc(CC2CCN(C(=O)c3c[nH]c(=O)c4ccccc34)C2)cc1. The summed E-state index contributed by atoms with van der Waals surface area (Å²) in [5.41, 5.74) is 1.66. The monoisotopic (exact) mass is 376 g/mol. The summed E-state index contributed by atoms with van der Waals surface area (Å²) in [4.78, 5) is 40.5. The Balaban J connectivity index is 1.48. The first-order valence-corrected chi connectivity index (χ1v) is 9.25. The number of pyridine rings is 1. The molecular formula is C22H20N2O4. The molecule has 4 rings (SSSR count). The zero-order chi connectivity index (χ0) is 19.7. The lowest BCUT2D eigenvalue weighted by Crippen LogP contribution is -2.29. The molecule has 28 heavy (non-hydrogen) atoms. The molecule has 2 N–H and O–H groups in total. The number of hydrogen-bond donors (Lipinski definition) is 2. The van der Waals surface area contributed by atoms with Gasteiger partial charge in [-0.2, -0.15) is 0 Å². The van der Waals surface area contributed by atoms with Crippen LogP contribution in [0.3, 0.4) is 0 Å². The van der Waals surface area contributed by atoms with E-state index >= 15 is 0 Å². The number of hydrogen-bond acceptors (Lipinski definition) is 3. The van der Waals surface area contributed by atoms with E-state index in [-0.39, 0.29) is 17.0 Å². The van der Waals surface area contributed by atoms with Gasteiger partial charge >= 0.3 is 5.97 Å².